The van der Waals surface area contributed by atoms with E-state index in [0.717, 1.165) is 22.6 Å². The Morgan fingerprint density at radius 1 is 1.14 bits per heavy atom. The minimum absolute atomic E-state index is 0.0394. The number of anilines is 1. The number of allylic oxidation sites excluding steroid dienone is 1. The number of hydrogen-bond acceptors (Lipinski definition) is 7. The fraction of sp³-hybridized carbons (Fsp3) is 0.321. The summed E-state index contributed by atoms with van der Waals surface area (Å²) < 4.78 is 13.3. The summed E-state index contributed by atoms with van der Waals surface area (Å²) in [4.78, 5) is 33.9. The number of aromatic nitrogens is 1. The molecule has 188 valence electrons. The second kappa shape index (κ2) is 10.5. The molecule has 0 radical (unpaired) electrons. The lowest BCUT2D eigenvalue weighted by Crippen LogP contribution is -2.39. The van der Waals surface area contributed by atoms with Gasteiger partial charge in [0.1, 0.15) is 5.75 Å². The Bertz CT molecular complexity index is 1460. The normalized spacial score (nSPS) is 15.5. The van der Waals surface area contributed by atoms with Crippen LogP contribution in [-0.2, 0) is 9.53 Å². The quantitative estimate of drug-likeness (QED) is 0.459. The van der Waals surface area contributed by atoms with E-state index in [4.69, 9.17) is 9.47 Å². The number of esters is 1. The van der Waals surface area contributed by atoms with Gasteiger partial charge in [0.2, 0.25) is 0 Å². The van der Waals surface area contributed by atoms with E-state index in [1.54, 1.807) is 18.4 Å². The molecule has 4 rings (SSSR count). The van der Waals surface area contributed by atoms with Crippen LogP contribution in [0.4, 0.5) is 5.69 Å². The lowest BCUT2D eigenvalue weighted by molar-refractivity contribution is -0.139. The highest BCUT2D eigenvalue weighted by molar-refractivity contribution is 7.07. The maximum absolute atomic E-state index is 13.7. The van der Waals surface area contributed by atoms with Crippen LogP contribution < -0.4 is 24.5 Å². The fourth-order valence-electron chi connectivity index (χ4n) is 4.13. The molecule has 0 amide bonds. The van der Waals surface area contributed by atoms with Gasteiger partial charge in [-0.2, -0.15) is 0 Å². The largest absolute Gasteiger partial charge is 0.491 e. The summed E-state index contributed by atoms with van der Waals surface area (Å²) in [5, 5.41) is 0. The zero-order valence-corrected chi connectivity index (χ0v) is 22.3. The van der Waals surface area contributed by atoms with Crippen molar-refractivity contribution in [1.82, 2.24) is 4.57 Å². The Morgan fingerprint density at radius 3 is 2.39 bits per heavy atom. The molecule has 2 aromatic carbocycles. The van der Waals surface area contributed by atoms with Crippen molar-refractivity contribution in [2.45, 2.75) is 39.8 Å². The molecule has 7 nitrogen and oxygen atoms in total. The van der Waals surface area contributed by atoms with E-state index in [-0.39, 0.29) is 18.3 Å². The smallest absolute Gasteiger partial charge is 0.338 e. The standard InChI is InChI=1S/C28H31N3O4S/c1-7-34-27(33)24-18(4)29-28-31(25(24)20-10-14-22(15-11-20)35-17(2)3)26(32)23(36-28)16-19-8-12-21(13-9-19)30(5)6/h8-17,25H,7H2,1-6H3/b23-16-/t25-/m0/s1. The topological polar surface area (TPSA) is 73.1 Å². The number of carbonyl (C=O) groups is 1. The molecule has 0 saturated heterocycles. The zero-order chi connectivity index (χ0) is 26.0. The monoisotopic (exact) mass is 505 g/mol. The number of nitrogens with zero attached hydrogens (tertiary/aromatic N) is 3. The van der Waals surface area contributed by atoms with Gasteiger partial charge in [0.05, 0.1) is 34.6 Å². The number of rotatable bonds is 7. The highest BCUT2D eigenvalue weighted by Gasteiger charge is 2.33. The van der Waals surface area contributed by atoms with Crippen LogP contribution in [0.5, 0.6) is 5.75 Å². The molecule has 0 spiro atoms. The molecule has 1 atom stereocenters. The highest BCUT2D eigenvalue weighted by Crippen LogP contribution is 2.31. The van der Waals surface area contributed by atoms with Crippen molar-refractivity contribution in [1.29, 1.82) is 0 Å². The Labute approximate surface area is 214 Å². The fourth-order valence-corrected chi connectivity index (χ4v) is 5.17. The average Bonchev–Trinajstić information content (AvgIpc) is 3.13. The predicted octanol–water partition coefficient (Wildman–Crippen LogP) is 3.65. The van der Waals surface area contributed by atoms with Gasteiger partial charge in [0.25, 0.3) is 5.56 Å². The molecule has 0 unspecified atom stereocenters. The summed E-state index contributed by atoms with van der Waals surface area (Å²) in [5.41, 5.74) is 3.49. The van der Waals surface area contributed by atoms with Crippen LogP contribution in [0, 0.1) is 0 Å². The Hall–Kier alpha value is -3.65. The van der Waals surface area contributed by atoms with Crippen LogP contribution in [0.15, 0.2) is 69.6 Å². The molecule has 0 bridgehead atoms. The van der Waals surface area contributed by atoms with Gasteiger partial charge >= 0.3 is 5.97 Å². The number of carbonyl (C=O) groups excluding carboxylic acids is 1. The third kappa shape index (κ3) is 5.14. The van der Waals surface area contributed by atoms with Gasteiger partial charge in [0.15, 0.2) is 4.80 Å². The number of benzene rings is 2. The molecule has 8 heteroatoms. The highest BCUT2D eigenvalue weighted by atomic mass is 32.1. The molecule has 36 heavy (non-hydrogen) atoms. The van der Waals surface area contributed by atoms with E-state index < -0.39 is 12.0 Å². The summed E-state index contributed by atoms with van der Waals surface area (Å²) in [7, 11) is 3.97. The predicted molar refractivity (Wildman–Crippen MR) is 143 cm³/mol. The maximum atomic E-state index is 13.7. The summed E-state index contributed by atoms with van der Waals surface area (Å²) >= 11 is 1.31. The first kappa shape index (κ1) is 25.4. The molecule has 2 heterocycles. The molecular formula is C28H31N3O4S. The van der Waals surface area contributed by atoms with E-state index in [2.05, 4.69) is 4.99 Å². The summed E-state index contributed by atoms with van der Waals surface area (Å²) in [6.07, 6.45) is 1.90. The minimum Gasteiger partial charge on any atom is -0.491 e. The minimum atomic E-state index is -0.647. The first-order valence-corrected chi connectivity index (χ1v) is 12.7. The van der Waals surface area contributed by atoms with E-state index in [9.17, 15) is 9.59 Å². The summed E-state index contributed by atoms with van der Waals surface area (Å²) in [6, 6.07) is 14.8. The van der Waals surface area contributed by atoms with Crippen LogP contribution in [0.2, 0.25) is 0 Å². The zero-order valence-electron chi connectivity index (χ0n) is 21.4. The van der Waals surface area contributed by atoms with Gasteiger partial charge < -0.3 is 14.4 Å². The van der Waals surface area contributed by atoms with Crippen molar-refractivity contribution in [3.8, 4) is 5.75 Å². The average molecular weight is 506 g/mol. The first-order chi connectivity index (χ1) is 17.2. The van der Waals surface area contributed by atoms with Crippen molar-refractivity contribution in [2.24, 2.45) is 4.99 Å². The van der Waals surface area contributed by atoms with Crippen LogP contribution in [0.3, 0.4) is 0 Å². The molecule has 0 saturated carbocycles. The van der Waals surface area contributed by atoms with Crippen LogP contribution in [0.25, 0.3) is 6.08 Å². The third-order valence-electron chi connectivity index (χ3n) is 5.79. The first-order valence-electron chi connectivity index (χ1n) is 11.9. The number of thiazole rings is 1. The van der Waals surface area contributed by atoms with Crippen molar-refractivity contribution in [2.75, 3.05) is 25.6 Å². The Kier molecular flexibility index (Phi) is 7.45. The van der Waals surface area contributed by atoms with E-state index >= 15 is 0 Å². The van der Waals surface area contributed by atoms with Crippen LogP contribution >= 0.6 is 11.3 Å². The SMILES string of the molecule is CCOC(=O)C1=C(C)N=c2s/c(=C\c3ccc(N(C)C)cc3)c(=O)n2[C@H]1c1ccc(OC(C)C)cc1. The molecular weight excluding hydrogens is 474 g/mol. The van der Waals surface area contributed by atoms with Crippen LogP contribution in [0.1, 0.15) is 44.9 Å². The number of hydrogen-bond donors (Lipinski definition) is 0. The van der Waals surface area contributed by atoms with Gasteiger partial charge in [0, 0.05) is 19.8 Å². The molecule has 0 N–H and O–H groups in total. The second-order valence-electron chi connectivity index (χ2n) is 9.02. The lowest BCUT2D eigenvalue weighted by Gasteiger charge is -2.25. The van der Waals surface area contributed by atoms with E-state index in [1.807, 2.05) is 87.4 Å². The van der Waals surface area contributed by atoms with Crippen molar-refractivity contribution in [3.63, 3.8) is 0 Å². The van der Waals surface area contributed by atoms with E-state index in [1.165, 1.54) is 11.3 Å². The van der Waals surface area contributed by atoms with E-state index in [0.29, 0.717) is 20.6 Å². The van der Waals surface area contributed by atoms with Gasteiger partial charge in [-0.05, 0) is 69.2 Å². The molecule has 0 aliphatic carbocycles. The lowest BCUT2D eigenvalue weighted by atomic mass is 9.96. The molecule has 1 aliphatic heterocycles. The van der Waals surface area contributed by atoms with Gasteiger partial charge in [-0.25, -0.2) is 9.79 Å². The number of fused-ring (bicyclic) bond motifs is 1. The summed E-state index contributed by atoms with van der Waals surface area (Å²) in [6.45, 7) is 7.70. The van der Waals surface area contributed by atoms with Crippen molar-refractivity contribution in [3.05, 3.63) is 90.6 Å². The summed E-state index contributed by atoms with van der Waals surface area (Å²) in [5.74, 6) is 0.250. The van der Waals surface area contributed by atoms with Crippen molar-refractivity contribution >= 4 is 29.1 Å². The van der Waals surface area contributed by atoms with Gasteiger partial charge in [-0.15, -0.1) is 0 Å². The Balaban J connectivity index is 1.86. The maximum Gasteiger partial charge on any atom is 0.338 e. The molecule has 3 aromatic rings. The van der Waals surface area contributed by atoms with Gasteiger partial charge in [-0.1, -0.05) is 35.6 Å². The number of ether oxygens (including phenoxy) is 2. The van der Waals surface area contributed by atoms with Crippen molar-refractivity contribution < 1.29 is 14.3 Å². The molecule has 1 aromatic heterocycles. The van der Waals surface area contributed by atoms with Crippen LogP contribution in [-0.4, -0.2) is 37.3 Å². The second-order valence-corrected chi connectivity index (χ2v) is 10.0. The molecule has 1 aliphatic rings. The Morgan fingerprint density at radius 2 is 1.81 bits per heavy atom. The molecule has 0 fully saturated rings. The third-order valence-corrected chi connectivity index (χ3v) is 6.77. The van der Waals surface area contributed by atoms with Gasteiger partial charge in [-0.3, -0.25) is 9.36 Å².